The molecule has 0 aliphatic rings. The smallest absolute Gasteiger partial charge is 0.311 e. The second kappa shape index (κ2) is 5.81. The quantitative estimate of drug-likeness (QED) is 0.731. The molecular weight excluding hydrogens is 238 g/mol. The Hall–Kier alpha value is -2.37. The van der Waals surface area contributed by atoms with E-state index in [1.165, 1.54) is 31.2 Å². The molecule has 0 heterocycles. The molecule has 0 aliphatic heterocycles. The second-order valence-electron chi connectivity index (χ2n) is 3.79. The standard InChI is InChI=1S/C12H13NO5/c1-7(14)13-9-4-2-8(3-5-9)10(12(17)18)6-11(15)16/h2-5,10H,6H2,1H3,(H,13,14)(H,15,16)(H,17,18). The fourth-order valence-electron chi connectivity index (χ4n) is 1.52. The van der Waals surface area contributed by atoms with Crippen LogP contribution in [0.4, 0.5) is 5.69 Å². The molecule has 96 valence electrons. The maximum atomic E-state index is 11.0. The molecule has 0 fully saturated rings. The summed E-state index contributed by atoms with van der Waals surface area (Å²) in [5.74, 6) is -3.69. The van der Waals surface area contributed by atoms with Crippen molar-refractivity contribution in [3.63, 3.8) is 0 Å². The van der Waals surface area contributed by atoms with Gasteiger partial charge in [0.2, 0.25) is 5.91 Å². The molecule has 1 aromatic rings. The maximum Gasteiger partial charge on any atom is 0.311 e. The molecule has 0 bridgehead atoms. The number of nitrogens with one attached hydrogen (secondary N) is 1. The molecule has 0 saturated carbocycles. The molecule has 1 atom stereocenters. The van der Waals surface area contributed by atoms with Gasteiger partial charge in [0.1, 0.15) is 0 Å². The first-order valence-corrected chi connectivity index (χ1v) is 5.22. The lowest BCUT2D eigenvalue weighted by atomic mass is 9.96. The van der Waals surface area contributed by atoms with Crippen LogP contribution in [0, 0.1) is 0 Å². The first-order chi connectivity index (χ1) is 8.40. The van der Waals surface area contributed by atoms with Crippen molar-refractivity contribution in [2.45, 2.75) is 19.3 Å². The molecule has 0 aromatic heterocycles. The number of hydrogen-bond donors (Lipinski definition) is 3. The van der Waals surface area contributed by atoms with Crippen LogP contribution < -0.4 is 5.32 Å². The third kappa shape index (κ3) is 3.89. The molecule has 1 amide bonds. The van der Waals surface area contributed by atoms with E-state index >= 15 is 0 Å². The van der Waals surface area contributed by atoms with E-state index in [4.69, 9.17) is 10.2 Å². The average molecular weight is 251 g/mol. The Morgan fingerprint density at radius 3 is 2.11 bits per heavy atom. The Kier molecular flexibility index (Phi) is 4.42. The summed E-state index contributed by atoms with van der Waals surface area (Å²) < 4.78 is 0. The zero-order valence-electron chi connectivity index (χ0n) is 9.71. The van der Waals surface area contributed by atoms with Crippen molar-refractivity contribution in [1.29, 1.82) is 0 Å². The van der Waals surface area contributed by atoms with E-state index in [0.717, 1.165) is 0 Å². The van der Waals surface area contributed by atoms with Crippen molar-refractivity contribution in [3.8, 4) is 0 Å². The molecule has 0 radical (unpaired) electrons. The molecule has 6 nitrogen and oxygen atoms in total. The molecule has 1 rings (SSSR count). The number of aliphatic carboxylic acids is 2. The van der Waals surface area contributed by atoms with E-state index in [0.29, 0.717) is 11.3 Å². The summed E-state index contributed by atoms with van der Waals surface area (Å²) in [5, 5.41) is 20.1. The minimum atomic E-state index is -1.19. The van der Waals surface area contributed by atoms with Gasteiger partial charge in [-0.2, -0.15) is 0 Å². The normalized spacial score (nSPS) is 11.6. The highest BCUT2D eigenvalue weighted by Gasteiger charge is 2.22. The highest BCUT2D eigenvalue weighted by Crippen LogP contribution is 2.22. The van der Waals surface area contributed by atoms with Gasteiger partial charge >= 0.3 is 11.9 Å². The Labute approximate surface area is 103 Å². The number of hydrogen-bond acceptors (Lipinski definition) is 3. The number of carboxylic acid groups (broad SMARTS) is 2. The Morgan fingerprint density at radius 2 is 1.72 bits per heavy atom. The van der Waals surface area contributed by atoms with Crippen LogP contribution in [0.5, 0.6) is 0 Å². The van der Waals surface area contributed by atoms with Crippen molar-refractivity contribution < 1.29 is 24.6 Å². The van der Waals surface area contributed by atoms with Gasteiger partial charge in [-0.25, -0.2) is 0 Å². The number of carboxylic acids is 2. The van der Waals surface area contributed by atoms with Gasteiger partial charge in [0.05, 0.1) is 12.3 Å². The summed E-state index contributed by atoms with van der Waals surface area (Å²) in [5.41, 5.74) is 0.921. The van der Waals surface area contributed by atoms with Gasteiger partial charge in [-0.15, -0.1) is 0 Å². The third-order valence-electron chi connectivity index (χ3n) is 2.31. The number of carbonyl (C=O) groups is 3. The van der Waals surface area contributed by atoms with Crippen molar-refractivity contribution >= 4 is 23.5 Å². The van der Waals surface area contributed by atoms with Crippen molar-refractivity contribution in [1.82, 2.24) is 0 Å². The van der Waals surface area contributed by atoms with Crippen LogP contribution in [-0.2, 0) is 14.4 Å². The molecule has 1 unspecified atom stereocenters. The first-order valence-electron chi connectivity index (χ1n) is 5.22. The number of anilines is 1. The number of amides is 1. The monoisotopic (exact) mass is 251 g/mol. The zero-order chi connectivity index (χ0) is 13.7. The van der Waals surface area contributed by atoms with Crippen molar-refractivity contribution in [2.75, 3.05) is 5.32 Å². The highest BCUT2D eigenvalue weighted by molar-refractivity contribution is 5.89. The molecular formula is C12H13NO5. The fourth-order valence-corrected chi connectivity index (χ4v) is 1.52. The second-order valence-corrected chi connectivity index (χ2v) is 3.79. The minimum Gasteiger partial charge on any atom is -0.481 e. The number of carbonyl (C=O) groups excluding carboxylic acids is 1. The number of benzene rings is 1. The summed E-state index contributed by atoms with van der Waals surface area (Å²) >= 11 is 0. The molecule has 6 heteroatoms. The molecule has 0 saturated heterocycles. The van der Waals surface area contributed by atoms with Gasteiger partial charge in [0.25, 0.3) is 0 Å². The fraction of sp³-hybridized carbons (Fsp3) is 0.250. The van der Waals surface area contributed by atoms with Crippen molar-refractivity contribution in [2.24, 2.45) is 0 Å². The molecule has 18 heavy (non-hydrogen) atoms. The van der Waals surface area contributed by atoms with Gasteiger partial charge in [-0.3, -0.25) is 14.4 Å². The minimum absolute atomic E-state index is 0.233. The summed E-state index contributed by atoms with van der Waals surface area (Å²) in [7, 11) is 0. The van der Waals surface area contributed by atoms with Crippen LogP contribution in [0.25, 0.3) is 0 Å². The topological polar surface area (TPSA) is 104 Å². The van der Waals surface area contributed by atoms with E-state index in [1.807, 2.05) is 0 Å². The van der Waals surface area contributed by atoms with Crippen LogP contribution in [0.1, 0.15) is 24.8 Å². The lowest BCUT2D eigenvalue weighted by Crippen LogP contribution is -2.16. The van der Waals surface area contributed by atoms with Gasteiger partial charge < -0.3 is 15.5 Å². The molecule has 3 N–H and O–H groups in total. The Bertz CT molecular complexity index is 466. The largest absolute Gasteiger partial charge is 0.481 e. The predicted octanol–water partition coefficient (Wildman–Crippen LogP) is 1.29. The van der Waals surface area contributed by atoms with Gasteiger partial charge in [-0.1, -0.05) is 12.1 Å². The van der Waals surface area contributed by atoms with E-state index in [1.54, 1.807) is 0 Å². The van der Waals surface area contributed by atoms with Crippen LogP contribution in [0.2, 0.25) is 0 Å². The molecule has 1 aromatic carbocycles. The Balaban J connectivity index is 2.90. The SMILES string of the molecule is CC(=O)Nc1ccc(C(CC(=O)O)C(=O)O)cc1. The third-order valence-corrected chi connectivity index (χ3v) is 2.31. The van der Waals surface area contributed by atoms with Gasteiger partial charge in [0, 0.05) is 12.6 Å². The molecule has 0 spiro atoms. The summed E-state index contributed by atoms with van der Waals surface area (Å²) in [6.07, 6.45) is -0.477. The highest BCUT2D eigenvalue weighted by atomic mass is 16.4. The maximum absolute atomic E-state index is 11.0. The van der Waals surface area contributed by atoms with Gasteiger partial charge in [0.15, 0.2) is 0 Å². The summed E-state index contributed by atoms with van der Waals surface area (Å²) in [6, 6.07) is 6.06. The lowest BCUT2D eigenvalue weighted by Gasteiger charge is -2.11. The van der Waals surface area contributed by atoms with Gasteiger partial charge in [-0.05, 0) is 17.7 Å². The zero-order valence-corrected chi connectivity index (χ0v) is 9.71. The lowest BCUT2D eigenvalue weighted by molar-refractivity contribution is -0.145. The van der Waals surface area contributed by atoms with E-state index in [-0.39, 0.29) is 5.91 Å². The Morgan fingerprint density at radius 1 is 1.17 bits per heavy atom. The number of rotatable bonds is 5. The van der Waals surface area contributed by atoms with E-state index in [2.05, 4.69) is 5.32 Å². The van der Waals surface area contributed by atoms with Crippen LogP contribution >= 0.6 is 0 Å². The average Bonchev–Trinajstić information content (AvgIpc) is 2.26. The first kappa shape index (κ1) is 13.7. The van der Waals surface area contributed by atoms with Crippen LogP contribution in [-0.4, -0.2) is 28.1 Å². The van der Waals surface area contributed by atoms with E-state index in [9.17, 15) is 14.4 Å². The van der Waals surface area contributed by atoms with Crippen LogP contribution in [0.15, 0.2) is 24.3 Å². The van der Waals surface area contributed by atoms with Crippen molar-refractivity contribution in [3.05, 3.63) is 29.8 Å². The summed E-state index contributed by atoms with van der Waals surface area (Å²) in [6.45, 7) is 1.36. The summed E-state index contributed by atoms with van der Waals surface area (Å²) in [4.78, 5) is 32.3. The van der Waals surface area contributed by atoms with Crippen LogP contribution in [0.3, 0.4) is 0 Å². The molecule has 0 aliphatic carbocycles. The van der Waals surface area contributed by atoms with E-state index < -0.39 is 24.3 Å². The predicted molar refractivity (Wildman–Crippen MR) is 63.4 cm³/mol.